The molecule has 1 fully saturated rings. The number of aryl methyl sites for hydroxylation is 1. The summed E-state index contributed by atoms with van der Waals surface area (Å²) in [5.74, 6) is 0. The van der Waals surface area contributed by atoms with E-state index in [0.29, 0.717) is 12.6 Å². The van der Waals surface area contributed by atoms with Crippen LogP contribution in [0.2, 0.25) is 0 Å². The zero-order valence-corrected chi connectivity index (χ0v) is 11.7. The Morgan fingerprint density at radius 2 is 2.05 bits per heavy atom. The SMILES string of the molecule is Cc1ccc(Cn2ncc(NC3CCC3)cc2=O)cc1. The van der Waals surface area contributed by atoms with E-state index in [-0.39, 0.29) is 5.56 Å². The number of aromatic nitrogens is 2. The zero-order chi connectivity index (χ0) is 13.9. The Kier molecular flexibility index (Phi) is 3.54. The summed E-state index contributed by atoms with van der Waals surface area (Å²) in [5, 5.41) is 7.59. The third kappa shape index (κ3) is 2.90. The van der Waals surface area contributed by atoms with Crippen molar-refractivity contribution in [3.05, 3.63) is 58.0 Å². The maximum atomic E-state index is 12.1. The highest BCUT2D eigenvalue weighted by Crippen LogP contribution is 2.22. The van der Waals surface area contributed by atoms with Crippen LogP contribution >= 0.6 is 0 Å². The van der Waals surface area contributed by atoms with Crippen molar-refractivity contribution >= 4 is 5.69 Å². The summed E-state index contributed by atoms with van der Waals surface area (Å²) in [6.45, 7) is 2.57. The van der Waals surface area contributed by atoms with Gasteiger partial charge in [-0.2, -0.15) is 5.10 Å². The average Bonchev–Trinajstić information content (AvgIpc) is 2.39. The highest BCUT2D eigenvalue weighted by molar-refractivity contribution is 5.40. The normalized spacial score (nSPS) is 14.8. The summed E-state index contributed by atoms with van der Waals surface area (Å²) in [4.78, 5) is 12.1. The van der Waals surface area contributed by atoms with Crippen molar-refractivity contribution in [2.75, 3.05) is 5.32 Å². The molecule has 1 aliphatic rings. The van der Waals surface area contributed by atoms with E-state index in [4.69, 9.17) is 0 Å². The Hall–Kier alpha value is -2.10. The van der Waals surface area contributed by atoms with Gasteiger partial charge in [-0.05, 0) is 31.7 Å². The first-order valence-corrected chi connectivity index (χ1v) is 7.10. The van der Waals surface area contributed by atoms with E-state index in [9.17, 15) is 4.79 Å². The van der Waals surface area contributed by atoms with Crippen LogP contribution in [-0.4, -0.2) is 15.8 Å². The van der Waals surface area contributed by atoms with Gasteiger partial charge >= 0.3 is 0 Å². The number of rotatable bonds is 4. The maximum Gasteiger partial charge on any atom is 0.269 e. The first kappa shape index (κ1) is 12.9. The Bertz CT molecular complexity index is 642. The van der Waals surface area contributed by atoms with Crippen LogP contribution in [0, 0.1) is 6.92 Å². The number of nitrogens with zero attached hydrogens (tertiary/aromatic N) is 2. The Morgan fingerprint density at radius 1 is 1.30 bits per heavy atom. The lowest BCUT2D eigenvalue weighted by Gasteiger charge is -2.27. The Morgan fingerprint density at radius 3 is 2.65 bits per heavy atom. The first-order valence-electron chi connectivity index (χ1n) is 7.10. The molecule has 0 atom stereocenters. The summed E-state index contributed by atoms with van der Waals surface area (Å²) in [7, 11) is 0. The number of hydrogen-bond acceptors (Lipinski definition) is 3. The highest BCUT2D eigenvalue weighted by atomic mass is 16.1. The molecule has 0 radical (unpaired) electrons. The van der Waals surface area contributed by atoms with Crippen LogP contribution in [0.5, 0.6) is 0 Å². The van der Waals surface area contributed by atoms with Gasteiger partial charge in [0.1, 0.15) is 0 Å². The third-order valence-corrected chi connectivity index (χ3v) is 3.80. The lowest BCUT2D eigenvalue weighted by molar-refractivity contribution is 0.445. The lowest BCUT2D eigenvalue weighted by Crippen LogP contribution is -2.29. The van der Waals surface area contributed by atoms with Gasteiger partial charge in [-0.15, -0.1) is 0 Å². The van der Waals surface area contributed by atoms with Crippen molar-refractivity contribution in [1.82, 2.24) is 9.78 Å². The van der Waals surface area contributed by atoms with E-state index in [1.54, 1.807) is 12.3 Å². The van der Waals surface area contributed by atoms with E-state index < -0.39 is 0 Å². The molecule has 1 N–H and O–H groups in total. The number of hydrogen-bond donors (Lipinski definition) is 1. The first-order chi connectivity index (χ1) is 9.70. The van der Waals surface area contributed by atoms with Crippen LogP contribution in [0.25, 0.3) is 0 Å². The minimum atomic E-state index is -0.0603. The van der Waals surface area contributed by atoms with Crippen LogP contribution in [0.1, 0.15) is 30.4 Å². The average molecular weight is 269 g/mol. The van der Waals surface area contributed by atoms with Gasteiger partial charge < -0.3 is 5.32 Å². The van der Waals surface area contributed by atoms with Crippen LogP contribution in [0.4, 0.5) is 5.69 Å². The predicted octanol–water partition coefficient (Wildman–Crippen LogP) is 2.56. The second-order valence-electron chi connectivity index (χ2n) is 5.50. The van der Waals surface area contributed by atoms with E-state index in [2.05, 4.69) is 17.3 Å². The van der Waals surface area contributed by atoms with Crippen molar-refractivity contribution in [3.63, 3.8) is 0 Å². The fraction of sp³-hybridized carbons (Fsp3) is 0.375. The second kappa shape index (κ2) is 5.49. The quantitative estimate of drug-likeness (QED) is 0.928. The summed E-state index contributed by atoms with van der Waals surface area (Å²) < 4.78 is 1.50. The van der Waals surface area contributed by atoms with Gasteiger partial charge in [-0.1, -0.05) is 29.8 Å². The standard InChI is InChI=1S/C16H19N3O/c1-12-5-7-13(8-6-12)11-19-16(20)9-15(10-17-19)18-14-3-2-4-14/h5-10,14,18H,2-4,11H2,1H3. The molecule has 1 aromatic heterocycles. The van der Waals surface area contributed by atoms with Crippen molar-refractivity contribution in [2.45, 2.75) is 38.8 Å². The fourth-order valence-corrected chi connectivity index (χ4v) is 2.29. The second-order valence-corrected chi connectivity index (χ2v) is 5.50. The van der Waals surface area contributed by atoms with Crippen molar-refractivity contribution in [3.8, 4) is 0 Å². The van der Waals surface area contributed by atoms with E-state index in [0.717, 1.165) is 11.3 Å². The van der Waals surface area contributed by atoms with Crippen molar-refractivity contribution in [1.29, 1.82) is 0 Å². The molecule has 4 heteroatoms. The van der Waals surface area contributed by atoms with Crippen LogP contribution in [0.15, 0.2) is 41.3 Å². The van der Waals surface area contributed by atoms with Gasteiger partial charge in [0.15, 0.2) is 0 Å². The van der Waals surface area contributed by atoms with Gasteiger partial charge in [-0.25, -0.2) is 4.68 Å². The minimum absolute atomic E-state index is 0.0603. The molecule has 0 spiro atoms. The molecular formula is C16H19N3O. The van der Waals surface area contributed by atoms with Crippen LogP contribution < -0.4 is 10.9 Å². The summed E-state index contributed by atoms with van der Waals surface area (Å²) >= 11 is 0. The van der Waals surface area contributed by atoms with Gasteiger partial charge in [-0.3, -0.25) is 4.79 Å². The molecule has 0 unspecified atom stereocenters. The minimum Gasteiger partial charge on any atom is -0.381 e. The molecule has 4 nitrogen and oxygen atoms in total. The maximum absolute atomic E-state index is 12.1. The predicted molar refractivity (Wildman–Crippen MR) is 80.0 cm³/mol. The molecule has 1 aliphatic carbocycles. The molecule has 0 saturated heterocycles. The summed E-state index contributed by atoms with van der Waals surface area (Å²) in [6, 6.07) is 10.3. The molecule has 2 aromatic rings. The lowest BCUT2D eigenvalue weighted by atomic mass is 9.93. The van der Waals surface area contributed by atoms with Crippen molar-refractivity contribution in [2.24, 2.45) is 0 Å². The number of anilines is 1. The monoisotopic (exact) mass is 269 g/mol. The topological polar surface area (TPSA) is 46.9 Å². The Labute approximate surface area is 118 Å². The van der Waals surface area contributed by atoms with E-state index in [1.807, 2.05) is 24.3 Å². The summed E-state index contributed by atoms with van der Waals surface area (Å²) in [6.07, 6.45) is 5.39. The van der Waals surface area contributed by atoms with E-state index in [1.165, 1.54) is 29.5 Å². The molecule has 1 saturated carbocycles. The Balaban J connectivity index is 1.73. The molecule has 1 aromatic carbocycles. The molecular weight excluding hydrogens is 250 g/mol. The number of benzene rings is 1. The molecule has 3 rings (SSSR count). The largest absolute Gasteiger partial charge is 0.381 e. The third-order valence-electron chi connectivity index (χ3n) is 3.80. The van der Waals surface area contributed by atoms with Crippen LogP contribution in [-0.2, 0) is 6.54 Å². The molecule has 1 heterocycles. The number of nitrogens with one attached hydrogen (secondary N) is 1. The van der Waals surface area contributed by atoms with E-state index >= 15 is 0 Å². The van der Waals surface area contributed by atoms with Gasteiger partial charge in [0, 0.05) is 12.1 Å². The fourth-order valence-electron chi connectivity index (χ4n) is 2.29. The molecule has 0 aliphatic heterocycles. The zero-order valence-electron chi connectivity index (χ0n) is 11.7. The van der Waals surface area contributed by atoms with Gasteiger partial charge in [0.05, 0.1) is 18.4 Å². The molecule has 104 valence electrons. The smallest absolute Gasteiger partial charge is 0.269 e. The molecule has 0 amide bonds. The van der Waals surface area contributed by atoms with Crippen molar-refractivity contribution < 1.29 is 0 Å². The molecule has 20 heavy (non-hydrogen) atoms. The summed E-state index contributed by atoms with van der Waals surface area (Å²) in [5.41, 5.74) is 3.08. The highest BCUT2D eigenvalue weighted by Gasteiger charge is 2.17. The van der Waals surface area contributed by atoms with Gasteiger partial charge in [0.25, 0.3) is 5.56 Å². The van der Waals surface area contributed by atoms with Crippen LogP contribution in [0.3, 0.4) is 0 Å². The van der Waals surface area contributed by atoms with Gasteiger partial charge in [0.2, 0.25) is 0 Å². The molecule has 0 bridgehead atoms.